The molecule has 82 valence electrons. The molecule has 1 atom stereocenters. The number of benzene rings is 1. The van der Waals surface area contributed by atoms with Gasteiger partial charge in [-0.2, -0.15) is 0 Å². The van der Waals surface area contributed by atoms with Crippen LogP contribution in [-0.2, 0) is 4.79 Å². The van der Waals surface area contributed by atoms with Crippen molar-refractivity contribution in [3.63, 3.8) is 0 Å². The average molecular weight is 229 g/mol. The van der Waals surface area contributed by atoms with Gasteiger partial charge < -0.3 is 21.1 Å². The molecule has 0 radical (unpaired) electrons. The lowest BCUT2D eigenvalue weighted by atomic mass is 10.3. The van der Waals surface area contributed by atoms with Crippen molar-refractivity contribution in [2.45, 2.75) is 10.9 Å². The first-order valence-corrected chi connectivity index (χ1v) is 5.13. The van der Waals surface area contributed by atoms with Crippen molar-refractivity contribution in [2.24, 2.45) is 5.73 Å². The highest BCUT2D eigenvalue weighted by molar-refractivity contribution is 7.99. The van der Waals surface area contributed by atoms with E-state index in [2.05, 4.69) is 0 Å². The van der Waals surface area contributed by atoms with Crippen molar-refractivity contribution < 1.29 is 20.1 Å². The van der Waals surface area contributed by atoms with Gasteiger partial charge in [0.15, 0.2) is 0 Å². The molecule has 0 aliphatic heterocycles. The number of nitrogens with two attached hydrogens (primary N) is 1. The number of aliphatic carboxylic acids is 1. The molecule has 0 saturated carbocycles. The molecule has 0 fully saturated rings. The summed E-state index contributed by atoms with van der Waals surface area (Å²) in [5, 5.41) is 27.3. The molecule has 0 saturated heterocycles. The van der Waals surface area contributed by atoms with Crippen molar-refractivity contribution in [3.8, 4) is 11.5 Å². The molecule has 1 rings (SSSR count). The van der Waals surface area contributed by atoms with Crippen LogP contribution < -0.4 is 5.73 Å². The number of carboxylic acid groups (broad SMARTS) is 1. The molecule has 0 aromatic heterocycles. The van der Waals surface area contributed by atoms with E-state index >= 15 is 0 Å². The molecule has 5 nitrogen and oxygen atoms in total. The van der Waals surface area contributed by atoms with Gasteiger partial charge >= 0.3 is 5.97 Å². The largest absolute Gasteiger partial charge is 0.507 e. The van der Waals surface area contributed by atoms with Crippen LogP contribution in [0.1, 0.15) is 0 Å². The van der Waals surface area contributed by atoms with Crippen LogP contribution in [0.25, 0.3) is 0 Å². The van der Waals surface area contributed by atoms with Crippen LogP contribution in [0.15, 0.2) is 23.1 Å². The molecule has 0 bridgehead atoms. The Hall–Kier alpha value is -1.40. The first kappa shape index (κ1) is 11.7. The second-order valence-electron chi connectivity index (χ2n) is 2.88. The van der Waals surface area contributed by atoms with Crippen LogP contribution in [0.4, 0.5) is 0 Å². The fourth-order valence-corrected chi connectivity index (χ4v) is 1.83. The lowest BCUT2D eigenvalue weighted by Gasteiger charge is -2.08. The van der Waals surface area contributed by atoms with Gasteiger partial charge in [0, 0.05) is 5.75 Å². The smallest absolute Gasteiger partial charge is 0.321 e. The van der Waals surface area contributed by atoms with E-state index < -0.39 is 12.0 Å². The monoisotopic (exact) mass is 229 g/mol. The third-order valence-electron chi connectivity index (χ3n) is 1.70. The molecular formula is C9H11NO4S. The van der Waals surface area contributed by atoms with E-state index in [9.17, 15) is 15.0 Å². The minimum Gasteiger partial charge on any atom is -0.507 e. The normalized spacial score (nSPS) is 12.3. The molecule has 0 amide bonds. The minimum atomic E-state index is -1.11. The van der Waals surface area contributed by atoms with Crippen molar-refractivity contribution >= 4 is 17.7 Å². The summed E-state index contributed by atoms with van der Waals surface area (Å²) < 4.78 is 0. The summed E-state index contributed by atoms with van der Waals surface area (Å²) in [5.74, 6) is -1.20. The van der Waals surface area contributed by atoms with Gasteiger partial charge in [-0.1, -0.05) is 6.07 Å². The molecule has 0 spiro atoms. The maximum Gasteiger partial charge on any atom is 0.321 e. The van der Waals surface area contributed by atoms with E-state index in [1.54, 1.807) is 0 Å². The van der Waals surface area contributed by atoms with Gasteiger partial charge in [-0.3, -0.25) is 4.79 Å². The van der Waals surface area contributed by atoms with Crippen LogP contribution in [0.2, 0.25) is 0 Å². The Morgan fingerprint density at radius 3 is 2.40 bits per heavy atom. The van der Waals surface area contributed by atoms with Crippen molar-refractivity contribution in [1.82, 2.24) is 0 Å². The Labute approximate surface area is 90.5 Å². The summed E-state index contributed by atoms with van der Waals surface area (Å²) in [5.41, 5.74) is 5.28. The van der Waals surface area contributed by atoms with Crippen LogP contribution in [0, 0.1) is 0 Å². The van der Waals surface area contributed by atoms with Gasteiger partial charge in [-0.25, -0.2) is 0 Å². The highest BCUT2D eigenvalue weighted by atomic mass is 32.2. The number of phenols is 2. The van der Waals surface area contributed by atoms with E-state index in [-0.39, 0.29) is 22.1 Å². The van der Waals surface area contributed by atoms with Crippen molar-refractivity contribution in [3.05, 3.63) is 18.2 Å². The number of carboxylic acids is 1. The van der Waals surface area contributed by atoms with Gasteiger partial charge in [0.25, 0.3) is 0 Å². The number of hydrogen-bond acceptors (Lipinski definition) is 5. The molecule has 15 heavy (non-hydrogen) atoms. The molecule has 0 heterocycles. The topological polar surface area (TPSA) is 104 Å². The van der Waals surface area contributed by atoms with Gasteiger partial charge in [-0.05, 0) is 12.1 Å². The molecule has 0 aliphatic carbocycles. The third kappa shape index (κ3) is 3.03. The Bertz CT molecular complexity index is 349. The zero-order chi connectivity index (χ0) is 11.4. The molecule has 1 aromatic rings. The number of rotatable bonds is 4. The number of aromatic hydroxyl groups is 2. The van der Waals surface area contributed by atoms with E-state index in [4.69, 9.17) is 10.8 Å². The summed E-state index contributed by atoms with van der Waals surface area (Å²) in [7, 11) is 0. The first-order valence-electron chi connectivity index (χ1n) is 4.14. The summed E-state index contributed by atoms with van der Waals surface area (Å²) in [6, 6.07) is 3.29. The SMILES string of the molecule is NC(CSc1c(O)cccc1O)C(=O)O. The zero-order valence-corrected chi connectivity index (χ0v) is 8.57. The highest BCUT2D eigenvalue weighted by Crippen LogP contribution is 2.36. The fraction of sp³-hybridized carbons (Fsp3) is 0.222. The Morgan fingerprint density at radius 2 is 1.93 bits per heavy atom. The number of carbonyl (C=O) groups is 1. The van der Waals surface area contributed by atoms with Crippen LogP contribution in [0.3, 0.4) is 0 Å². The van der Waals surface area contributed by atoms with Gasteiger partial charge in [0.05, 0.1) is 4.90 Å². The average Bonchev–Trinajstić information content (AvgIpc) is 2.16. The second kappa shape index (κ2) is 4.90. The van der Waals surface area contributed by atoms with E-state index in [0.29, 0.717) is 0 Å². The molecule has 6 heteroatoms. The lowest BCUT2D eigenvalue weighted by molar-refractivity contribution is -0.137. The third-order valence-corrected chi connectivity index (χ3v) is 2.93. The number of hydrogen-bond donors (Lipinski definition) is 4. The van der Waals surface area contributed by atoms with Crippen molar-refractivity contribution in [2.75, 3.05) is 5.75 Å². The Morgan fingerprint density at radius 1 is 1.40 bits per heavy atom. The first-order chi connectivity index (χ1) is 7.02. The maximum atomic E-state index is 10.4. The van der Waals surface area contributed by atoms with E-state index in [0.717, 1.165) is 11.8 Å². The zero-order valence-electron chi connectivity index (χ0n) is 7.75. The molecule has 5 N–H and O–H groups in total. The second-order valence-corrected chi connectivity index (χ2v) is 3.91. The van der Waals surface area contributed by atoms with E-state index in [1.165, 1.54) is 18.2 Å². The van der Waals surface area contributed by atoms with Gasteiger partial charge in [0.1, 0.15) is 17.5 Å². The predicted octanol–water partition coefficient (Wildman–Crippen LogP) is 0.602. The summed E-state index contributed by atoms with van der Waals surface area (Å²) in [6.07, 6.45) is 0. The Balaban J connectivity index is 2.69. The summed E-state index contributed by atoms with van der Waals surface area (Å²) in [6.45, 7) is 0. The van der Waals surface area contributed by atoms with Crippen molar-refractivity contribution in [1.29, 1.82) is 0 Å². The highest BCUT2D eigenvalue weighted by Gasteiger charge is 2.14. The lowest BCUT2D eigenvalue weighted by Crippen LogP contribution is -2.32. The van der Waals surface area contributed by atoms with Crippen LogP contribution in [-0.4, -0.2) is 33.1 Å². The summed E-state index contributed by atoms with van der Waals surface area (Å²) in [4.78, 5) is 10.7. The fourth-order valence-electron chi connectivity index (χ4n) is 0.905. The predicted molar refractivity (Wildman–Crippen MR) is 56.1 cm³/mol. The minimum absolute atomic E-state index is 0.0838. The van der Waals surface area contributed by atoms with E-state index in [1.807, 2.05) is 0 Å². The molecular weight excluding hydrogens is 218 g/mol. The summed E-state index contributed by atoms with van der Waals surface area (Å²) >= 11 is 1.00. The standard InChI is InChI=1S/C9H11NO4S/c10-5(9(13)14)4-15-8-6(11)2-1-3-7(8)12/h1-3,5,11-12H,4,10H2,(H,13,14). The van der Waals surface area contributed by atoms with Crippen LogP contribution >= 0.6 is 11.8 Å². The number of thioether (sulfide) groups is 1. The molecule has 0 aliphatic rings. The Kier molecular flexibility index (Phi) is 3.81. The van der Waals surface area contributed by atoms with Gasteiger partial charge in [0.2, 0.25) is 0 Å². The number of phenolic OH excluding ortho intramolecular Hbond substituents is 2. The molecule has 1 aromatic carbocycles. The molecule has 1 unspecified atom stereocenters. The van der Waals surface area contributed by atoms with Crippen LogP contribution in [0.5, 0.6) is 11.5 Å². The quantitative estimate of drug-likeness (QED) is 0.564. The van der Waals surface area contributed by atoms with Gasteiger partial charge in [-0.15, -0.1) is 11.8 Å². The maximum absolute atomic E-state index is 10.4.